The molecule has 8 heteroatoms. The lowest BCUT2D eigenvalue weighted by atomic mass is 9.98. The van der Waals surface area contributed by atoms with Crippen LogP contribution in [-0.2, 0) is 4.74 Å². The van der Waals surface area contributed by atoms with E-state index in [1.807, 2.05) is 0 Å². The quantitative estimate of drug-likeness (QED) is 0.533. The van der Waals surface area contributed by atoms with Gasteiger partial charge in [0.1, 0.15) is 17.7 Å². The number of carbonyl (C=O) groups excluding carboxylic acids is 1. The minimum Gasteiger partial charge on any atom is -0.394 e. The fourth-order valence-electron chi connectivity index (χ4n) is 3.89. The van der Waals surface area contributed by atoms with Crippen molar-refractivity contribution in [2.75, 3.05) is 20.3 Å². The average Bonchev–Trinajstić information content (AvgIpc) is 3.34. The van der Waals surface area contributed by atoms with Gasteiger partial charge in [0.15, 0.2) is 0 Å². The lowest BCUT2D eigenvalue weighted by molar-refractivity contribution is 0.0390. The number of amides is 1. The molecule has 174 valence electrons. The van der Waals surface area contributed by atoms with Crippen molar-refractivity contribution in [1.82, 2.24) is 10.3 Å². The zero-order chi connectivity index (χ0) is 24.1. The molecule has 0 aliphatic carbocycles. The molecule has 0 fully saturated rings. The van der Waals surface area contributed by atoms with Crippen LogP contribution in [-0.4, -0.2) is 48.0 Å². The maximum Gasteiger partial charge on any atom is 0.252 e. The summed E-state index contributed by atoms with van der Waals surface area (Å²) >= 11 is 0. The molecule has 2 N–H and O–H groups in total. The van der Waals surface area contributed by atoms with Crippen LogP contribution in [0.5, 0.6) is 0 Å². The molecule has 0 radical (unpaired) electrons. The molecule has 1 aliphatic rings. The van der Waals surface area contributed by atoms with E-state index in [0.29, 0.717) is 11.4 Å². The first kappa shape index (κ1) is 23.4. The predicted molar refractivity (Wildman–Crippen MR) is 125 cm³/mol. The SMILES string of the molecule is COC(c1ccccn1)[C@H](CO)NC(=O)c1cccc(F)c1C1=NCC(c2ccc(F)cc2)=C1. The molecule has 2 atom stereocenters. The number of hydrogen-bond acceptors (Lipinski definition) is 5. The number of aliphatic hydroxyl groups is 1. The van der Waals surface area contributed by atoms with Gasteiger partial charge in [0.2, 0.25) is 0 Å². The Balaban J connectivity index is 1.61. The molecule has 1 aliphatic heterocycles. The number of aliphatic hydroxyl groups excluding tert-OH is 1. The first-order valence-corrected chi connectivity index (χ1v) is 10.7. The van der Waals surface area contributed by atoms with Crippen LogP contribution in [0.4, 0.5) is 8.78 Å². The predicted octanol–water partition coefficient (Wildman–Crippen LogP) is 3.72. The van der Waals surface area contributed by atoms with Crippen molar-refractivity contribution in [2.24, 2.45) is 4.99 Å². The van der Waals surface area contributed by atoms with E-state index in [0.717, 1.165) is 11.1 Å². The smallest absolute Gasteiger partial charge is 0.252 e. The summed E-state index contributed by atoms with van der Waals surface area (Å²) < 4.78 is 33.7. The summed E-state index contributed by atoms with van der Waals surface area (Å²) in [6, 6.07) is 14.6. The molecule has 4 rings (SSSR count). The molecular weight excluding hydrogens is 440 g/mol. The maximum atomic E-state index is 14.9. The van der Waals surface area contributed by atoms with Gasteiger partial charge in [0.25, 0.3) is 5.91 Å². The van der Waals surface area contributed by atoms with Crippen molar-refractivity contribution >= 4 is 17.2 Å². The number of hydrogen-bond donors (Lipinski definition) is 2. The number of nitrogens with zero attached hydrogens (tertiary/aromatic N) is 2. The molecule has 1 unspecified atom stereocenters. The van der Waals surface area contributed by atoms with Gasteiger partial charge in [-0.25, -0.2) is 8.78 Å². The zero-order valence-corrected chi connectivity index (χ0v) is 18.4. The highest BCUT2D eigenvalue weighted by molar-refractivity contribution is 6.19. The van der Waals surface area contributed by atoms with Crippen molar-refractivity contribution in [3.63, 3.8) is 0 Å². The molecule has 1 amide bonds. The van der Waals surface area contributed by atoms with Crippen molar-refractivity contribution < 1.29 is 23.4 Å². The summed E-state index contributed by atoms with van der Waals surface area (Å²) in [5, 5.41) is 12.7. The average molecular weight is 463 g/mol. The van der Waals surface area contributed by atoms with Crippen LogP contribution in [0.3, 0.4) is 0 Å². The molecule has 0 bridgehead atoms. The van der Waals surface area contributed by atoms with Gasteiger partial charge in [-0.3, -0.25) is 14.8 Å². The Hall–Kier alpha value is -3.75. The second-order valence-corrected chi connectivity index (χ2v) is 7.71. The van der Waals surface area contributed by atoms with E-state index in [-0.39, 0.29) is 23.5 Å². The molecule has 1 aromatic heterocycles. The van der Waals surface area contributed by atoms with Gasteiger partial charge in [-0.1, -0.05) is 24.3 Å². The van der Waals surface area contributed by atoms with Crippen molar-refractivity contribution in [3.8, 4) is 0 Å². The molecule has 34 heavy (non-hydrogen) atoms. The number of allylic oxidation sites excluding steroid dienone is 1. The highest BCUT2D eigenvalue weighted by Gasteiger charge is 2.28. The number of halogens is 2. The van der Waals surface area contributed by atoms with E-state index >= 15 is 0 Å². The van der Waals surface area contributed by atoms with Crippen LogP contribution in [0.15, 0.2) is 77.9 Å². The Bertz CT molecular complexity index is 1230. The Morgan fingerprint density at radius 1 is 1.12 bits per heavy atom. The van der Waals surface area contributed by atoms with Crippen LogP contribution < -0.4 is 5.32 Å². The number of nitrogens with one attached hydrogen (secondary N) is 1. The van der Waals surface area contributed by atoms with Gasteiger partial charge < -0.3 is 15.2 Å². The van der Waals surface area contributed by atoms with Crippen LogP contribution in [0.25, 0.3) is 5.57 Å². The van der Waals surface area contributed by atoms with E-state index in [4.69, 9.17) is 4.74 Å². The van der Waals surface area contributed by atoms with E-state index in [9.17, 15) is 18.7 Å². The Morgan fingerprint density at radius 3 is 2.59 bits per heavy atom. The maximum absolute atomic E-state index is 14.9. The number of aromatic nitrogens is 1. The highest BCUT2D eigenvalue weighted by Crippen LogP contribution is 2.26. The lowest BCUT2D eigenvalue weighted by Gasteiger charge is -2.25. The Labute approximate surface area is 195 Å². The van der Waals surface area contributed by atoms with E-state index in [2.05, 4.69) is 15.3 Å². The molecular formula is C26H23F2N3O3. The summed E-state index contributed by atoms with van der Waals surface area (Å²) in [6.07, 6.45) is 2.57. The molecule has 3 aromatic rings. The number of ether oxygens (including phenoxy) is 1. The van der Waals surface area contributed by atoms with Crippen LogP contribution in [0, 0.1) is 11.6 Å². The molecule has 2 heterocycles. The van der Waals surface area contributed by atoms with Gasteiger partial charge >= 0.3 is 0 Å². The minimum absolute atomic E-state index is 0.0561. The number of carbonyl (C=O) groups is 1. The zero-order valence-electron chi connectivity index (χ0n) is 18.4. The topological polar surface area (TPSA) is 83.8 Å². The van der Waals surface area contributed by atoms with Gasteiger partial charge in [-0.2, -0.15) is 0 Å². The molecule has 6 nitrogen and oxygen atoms in total. The number of benzene rings is 2. The normalized spacial score (nSPS) is 14.8. The fraction of sp³-hybridized carbons (Fsp3) is 0.192. The Morgan fingerprint density at radius 2 is 1.91 bits per heavy atom. The second kappa shape index (κ2) is 10.5. The van der Waals surface area contributed by atoms with Gasteiger partial charge in [-0.05, 0) is 53.6 Å². The van der Waals surface area contributed by atoms with Gasteiger partial charge in [0.05, 0.1) is 36.2 Å². The van der Waals surface area contributed by atoms with Crippen molar-refractivity contribution in [2.45, 2.75) is 12.1 Å². The number of aliphatic imine (C=N–C) groups is 1. The van der Waals surface area contributed by atoms with E-state index < -0.39 is 30.5 Å². The first-order chi connectivity index (χ1) is 16.5. The summed E-state index contributed by atoms with van der Waals surface area (Å²) in [5.41, 5.74) is 2.53. The van der Waals surface area contributed by atoms with Gasteiger partial charge in [-0.15, -0.1) is 0 Å². The third-order valence-corrected chi connectivity index (χ3v) is 5.57. The second-order valence-electron chi connectivity index (χ2n) is 7.71. The highest BCUT2D eigenvalue weighted by atomic mass is 19.1. The fourth-order valence-corrected chi connectivity index (χ4v) is 3.89. The number of rotatable bonds is 8. The number of methoxy groups -OCH3 is 1. The van der Waals surface area contributed by atoms with E-state index in [1.165, 1.54) is 37.4 Å². The monoisotopic (exact) mass is 463 g/mol. The van der Waals surface area contributed by atoms with Crippen molar-refractivity contribution in [3.05, 3.63) is 107 Å². The third-order valence-electron chi connectivity index (χ3n) is 5.57. The van der Waals surface area contributed by atoms with Crippen LogP contribution in [0.2, 0.25) is 0 Å². The lowest BCUT2D eigenvalue weighted by Crippen LogP contribution is -2.43. The first-order valence-electron chi connectivity index (χ1n) is 10.7. The summed E-state index contributed by atoms with van der Waals surface area (Å²) in [6.45, 7) is -0.137. The standard InChI is InChI=1S/C26H23F2N3O3/c1-34-25(21-7-2-3-12-29-21)23(15-32)31-26(33)19-5-4-6-20(28)24(19)22-13-17(14-30-22)16-8-10-18(27)11-9-16/h2-13,23,25,32H,14-15H2,1H3,(H,31,33)/t23-,25?/m0/s1. The minimum atomic E-state index is -0.820. The molecule has 0 saturated heterocycles. The number of pyridine rings is 1. The van der Waals surface area contributed by atoms with Crippen LogP contribution >= 0.6 is 0 Å². The largest absolute Gasteiger partial charge is 0.394 e. The summed E-state index contributed by atoms with van der Waals surface area (Å²) in [4.78, 5) is 21.9. The molecule has 2 aromatic carbocycles. The van der Waals surface area contributed by atoms with Crippen molar-refractivity contribution in [1.29, 1.82) is 0 Å². The molecule has 0 spiro atoms. The molecule has 0 saturated carbocycles. The third kappa shape index (κ3) is 4.93. The Kier molecular flexibility index (Phi) is 7.20. The van der Waals surface area contributed by atoms with Crippen LogP contribution in [0.1, 0.15) is 33.3 Å². The van der Waals surface area contributed by atoms with Gasteiger partial charge in [0, 0.05) is 18.9 Å². The summed E-state index contributed by atoms with van der Waals surface area (Å²) in [7, 11) is 1.46. The van der Waals surface area contributed by atoms with E-state index in [1.54, 1.807) is 42.6 Å². The summed E-state index contributed by atoms with van der Waals surface area (Å²) in [5.74, 6) is -1.54.